The van der Waals surface area contributed by atoms with Gasteiger partial charge in [-0.2, -0.15) is 0 Å². The lowest BCUT2D eigenvalue weighted by atomic mass is 10.1. The largest absolute Gasteiger partial charge is 0.495 e. The first-order valence-electron chi connectivity index (χ1n) is 5.64. The zero-order valence-electron chi connectivity index (χ0n) is 9.96. The summed E-state index contributed by atoms with van der Waals surface area (Å²) in [5.74, 6) is 0.625. The maximum atomic E-state index is 6.11. The lowest BCUT2D eigenvalue weighted by Gasteiger charge is -2.36. The highest BCUT2D eigenvalue weighted by Gasteiger charge is 2.20. The molecule has 1 aromatic rings. The van der Waals surface area contributed by atoms with E-state index in [0.29, 0.717) is 21.8 Å². The van der Waals surface area contributed by atoms with Gasteiger partial charge in [0, 0.05) is 37.4 Å². The standard InChI is InChI=1S/C12H16Cl2N2O/c1-8-7-15-3-4-16(8)9-5-10(13)12(14)11(6-9)17-2/h5-6,8,15H,3-4,7H2,1-2H3/t8-/m0/s1. The van der Waals surface area contributed by atoms with Gasteiger partial charge in [-0.05, 0) is 13.0 Å². The fourth-order valence-corrected chi connectivity index (χ4v) is 2.48. The molecular weight excluding hydrogens is 259 g/mol. The summed E-state index contributed by atoms with van der Waals surface area (Å²) in [7, 11) is 1.60. The smallest absolute Gasteiger partial charge is 0.141 e. The summed E-state index contributed by atoms with van der Waals surface area (Å²) in [5.41, 5.74) is 1.06. The summed E-state index contributed by atoms with van der Waals surface area (Å²) in [4.78, 5) is 2.31. The number of anilines is 1. The van der Waals surface area contributed by atoms with Crippen molar-refractivity contribution in [2.24, 2.45) is 0 Å². The van der Waals surface area contributed by atoms with Crippen LogP contribution in [0.4, 0.5) is 5.69 Å². The van der Waals surface area contributed by atoms with Gasteiger partial charge >= 0.3 is 0 Å². The average molecular weight is 275 g/mol. The van der Waals surface area contributed by atoms with Crippen molar-refractivity contribution in [2.45, 2.75) is 13.0 Å². The van der Waals surface area contributed by atoms with Crippen LogP contribution >= 0.6 is 23.2 Å². The number of hydrogen-bond acceptors (Lipinski definition) is 3. The van der Waals surface area contributed by atoms with Crippen molar-refractivity contribution >= 4 is 28.9 Å². The molecule has 0 saturated carbocycles. The number of rotatable bonds is 2. The third kappa shape index (κ3) is 2.62. The van der Waals surface area contributed by atoms with Gasteiger partial charge in [0.2, 0.25) is 0 Å². The molecule has 1 aromatic carbocycles. The van der Waals surface area contributed by atoms with Crippen LogP contribution in [0.1, 0.15) is 6.92 Å². The van der Waals surface area contributed by atoms with Gasteiger partial charge in [-0.1, -0.05) is 23.2 Å². The molecule has 5 heteroatoms. The second kappa shape index (κ2) is 5.34. The number of piperazine rings is 1. The minimum atomic E-state index is 0.436. The minimum Gasteiger partial charge on any atom is -0.495 e. The summed E-state index contributed by atoms with van der Waals surface area (Å²) in [6, 6.07) is 4.27. The number of nitrogens with one attached hydrogen (secondary N) is 1. The number of ether oxygens (including phenoxy) is 1. The molecule has 17 heavy (non-hydrogen) atoms. The Kier molecular flexibility index (Phi) is 4.02. The second-order valence-corrected chi connectivity index (χ2v) is 4.98. The normalized spacial score (nSPS) is 20.5. The molecule has 1 saturated heterocycles. The molecule has 1 aliphatic rings. The molecule has 0 aromatic heterocycles. The van der Waals surface area contributed by atoms with Crippen LogP contribution < -0.4 is 15.0 Å². The molecule has 0 bridgehead atoms. The van der Waals surface area contributed by atoms with Crippen molar-refractivity contribution in [3.8, 4) is 5.75 Å². The van der Waals surface area contributed by atoms with Gasteiger partial charge in [0.25, 0.3) is 0 Å². The Morgan fingerprint density at radius 1 is 1.41 bits per heavy atom. The van der Waals surface area contributed by atoms with Crippen LogP contribution in [-0.4, -0.2) is 32.8 Å². The molecule has 1 heterocycles. The van der Waals surface area contributed by atoms with Crippen LogP contribution in [0.15, 0.2) is 12.1 Å². The monoisotopic (exact) mass is 274 g/mol. The lowest BCUT2D eigenvalue weighted by Crippen LogP contribution is -2.49. The molecule has 0 radical (unpaired) electrons. The third-order valence-electron chi connectivity index (χ3n) is 3.03. The van der Waals surface area contributed by atoms with E-state index in [4.69, 9.17) is 27.9 Å². The summed E-state index contributed by atoms with van der Waals surface area (Å²) in [6.45, 7) is 5.10. The van der Waals surface area contributed by atoms with Gasteiger partial charge in [-0.15, -0.1) is 0 Å². The van der Waals surface area contributed by atoms with E-state index in [-0.39, 0.29) is 0 Å². The fourth-order valence-electron chi connectivity index (χ4n) is 2.09. The Balaban J connectivity index is 2.34. The molecular formula is C12H16Cl2N2O. The highest BCUT2D eigenvalue weighted by Crippen LogP contribution is 2.37. The topological polar surface area (TPSA) is 24.5 Å². The predicted octanol–water partition coefficient (Wildman–Crippen LogP) is 2.80. The van der Waals surface area contributed by atoms with E-state index in [9.17, 15) is 0 Å². The number of hydrogen-bond donors (Lipinski definition) is 1. The third-order valence-corrected chi connectivity index (χ3v) is 3.82. The number of nitrogens with zero attached hydrogens (tertiary/aromatic N) is 1. The zero-order valence-corrected chi connectivity index (χ0v) is 11.5. The Hall–Kier alpha value is -0.640. The molecule has 1 aliphatic heterocycles. The molecule has 0 spiro atoms. The van der Waals surface area contributed by atoms with Crippen molar-refractivity contribution in [3.63, 3.8) is 0 Å². The first kappa shape index (κ1) is 12.8. The molecule has 94 valence electrons. The maximum Gasteiger partial charge on any atom is 0.141 e. The average Bonchev–Trinajstić information content (AvgIpc) is 2.33. The van der Waals surface area contributed by atoms with E-state index in [1.807, 2.05) is 12.1 Å². The molecule has 0 unspecified atom stereocenters. The Morgan fingerprint density at radius 3 is 2.82 bits per heavy atom. The van der Waals surface area contributed by atoms with Gasteiger partial charge in [0.1, 0.15) is 10.8 Å². The van der Waals surface area contributed by atoms with Crippen molar-refractivity contribution in [3.05, 3.63) is 22.2 Å². The van der Waals surface area contributed by atoms with Crippen molar-refractivity contribution in [1.82, 2.24) is 5.32 Å². The Bertz CT molecular complexity index is 412. The van der Waals surface area contributed by atoms with Gasteiger partial charge < -0.3 is 15.0 Å². The molecule has 3 nitrogen and oxygen atoms in total. The first-order valence-corrected chi connectivity index (χ1v) is 6.39. The van der Waals surface area contributed by atoms with Gasteiger partial charge in [-0.3, -0.25) is 0 Å². The van der Waals surface area contributed by atoms with Crippen LogP contribution in [-0.2, 0) is 0 Å². The number of methoxy groups -OCH3 is 1. The van der Waals surface area contributed by atoms with Crippen molar-refractivity contribution in [1.29, 1.82) is 0 Å². The van der Waals surface area contributed by atoms with E-state index in [1.165, 1.54) is 0 Å². The molecule has 1 fully saturated rings. The minimum absolute atomic E-state index is 0.436. The van der Waals surface area contributed by atoms with Crippen LogP contribution in [0.3, 0.4) is 0 Å². The predicted molar refractivity (Wildman–Crippen MR) is 72.7 cm³/mol. The van der Waals surface area contributed by atoms with E-state index < -0.39 is 0 Å². The summed E-state index contributed by atoms with van der Waals surface area (Å²) in [5, 5.41) is 4.36. The molecule has 1 N–H and O–H groups in total. The van der Waals surface area contributed by atoms with Crippen LogP contribution in [0.5, 0.6) is 5.75 Å². The summed E-state index contributed by atoms with van der Waals surface area (Å²) >= 11 is 12.2. The molecule has 1 atom stereocenters. The van der Waals surface area contributed by atoms with E-state index in [2.05, 4.69) is 17.1 Å². The van der Waals surface area contributed by atoms with E-state index in [1.54, 1.807) is 7.11 Å². The first-order chi connectivity index (χ1) is 8.13. The molecule has 0 amide bonds. The highest BCUT2D eigenvalue weighted by atomic mass is 35.5. The Morgan fingerprint density at radius 2 is 2.18 bits per heavy atom. The van der Waals surface area contributed by atoms with E-state index in [0.717, 1.165) is 25.3 Å². The highest BCUT2D eigenvalue weighted by molar-refractivity contribution is 6.43. The number of halogens is 2. The maximum absolute atomic E-state index is 6.11. The zero-order chi connectivity index (χ0) is 12.4. The molecule has 0 aliphatic carbocycles. The van der Waals surface area contributed by atoms with Gasteiger partial charge in [0.15, 0.2) is 0 Å². The Labute approximate surface area is 112 Å². The van der Waals surface area contributed by atoms with Crippen LogP contribution in [0.25, 0.3) is 0 Å². The van der Waals surface area contributed by atoms with Crippen LogP contribution in [0, 0.1) is 0 Å². The lowest BCUT2D eigenvalue weighted by molar-refractivity contribution is 0.414. The fraction of sp³-hybridized carbons (Fsp3) is 0.500. The SMILES string of the molecule is COc1cc(N2CCNC[C@@H]2C)cc(Cl)c1Cl. The van der Waals surface area contributed by atoms with Gasteiger partial charge in [0.05, 0.1) is 12.1 Å². The van der Waals surface area contributed by atoms with E-state index >= 15 is 0 Å². The van der Waals surface area contributed by atoms with Crippen LogP contribution in [0.2, 0.25) is 10.0 Å². The quantitative estimate of drug-likeness (QED) is 0.898. The van der Waals surface area contributed by atoms with Crippen molar-refractivity contribution < 1.29 is 4.74 Å². The molecule has 2 rings (SSSR count). The summed E-state index contributed by atoms with van der Waals surface area (Å²) in [6.07, 6.45) is 0. The van der Waals surface area contributed by atoms with Gasteiger partial charge in [-0.25, -0.2) is 0 Å². The summed E-state index contributed by atoms with van der Waals surface area (Å²) < 4.78 is 5.23. The second-order valence-electron chi connectivity index (χ2n) is 4.19. The van der Waals surface area contributed by atoms with Crippen molar-refractivity contribution in [2.75, 3.05) is 31.6 Å². The number of benzene rings is 1.